The summed E-state index contributed by atoms with van der Waals surface area (Å²) in [4.78, 5) is 2.22. The number of phenols is 1. The number of benzene rings is 2. The van der Waals surface area contributed by atoms with Crippen LogP contribution in [0.4, 0.5) is 0 Å². The Hall–Kier alpha value is -2.25. The third-order valence-electron chi connectivity index (χ3n) is 3.05. The molecule has 0 unspecified atom stereocenters. The van der Waals surface area contributed by atoms with Gasteiger partial charge in [0.25, 0.3) is 10.0 Å². The molecule has 8 heteroatoms. The second-order valence-corrected chi connectivity index (χ2v) is 6.73. The number of nitrogens with one attached hydrogen (secondary N) is 1. The van der Waals surface area contributed by atoms with E-state index in [9.17, 15) is 13.5 Å². The van der Waals surface area contributed by atoms with E-state index in [2.05, 4.69) is 9.93 Å². The van der Waals surface area contributed by atoms with Crippen LogP contribution in [0.5, 0.6) is 11.5 Å². The molecule has 0 saturated carbocycles. The molecule has 0 fully saturated rings. The fraction of sp³-hybridized carbons (Fsp3) is 0.133. The van der Waals surface area contributed by atoms with Crippen molar-refractivity contribution in [3.8, 4) is 11.5 Å². The topological polar surface area (TPSA) is 88.0 Å². The lowest BCUT2D eigenvalue weighted by atomic mass is 10.1. The average Bonchev–Trinajstić information content (AvgIpc) is 2.53. The number of nitrogens with zero attached hydrogens (tertiary/aromatic N) is 1. The highest BCUT2D eigenvalue weighted by molar-refractivity contribution is 7.89. The van der Waals surface area contributed by atoms with Crippen LogP contribution in [0.25, 0.3) is 0 Å². The van der Waals surface area contributed by atoms with Crippen molar-refractivity contribution < 1.29 is 18.3 Å². The molecule has 2 aromatic carbocycles. The van der Waals surface area contributed by atoms with E-state index >= 15 is 0 Å². The van der Waals surface area contributed by atoms with Gasteiger partial charge in [-0.05, 0) is 49.4 Å². The van der Waals surface area contributed by atoms with Gasteiger partial charge in [0.1, 0.15) is 0 Å². The van der Waals surface area contributed by atoms with Crippen molar-refractivity contribution in [3.05, 3.63) is 53.1 Å². The molecular formula is C15H15ClN2O4S. The van der Waals surface area contributed by atoms with Crippen molar-refractivity contribution in [1.29, 1.82) is 0 Å². The molecular weight excluding hydrogens is 340 g/mol. The summed E-state index contributed by atoms with van der Waals surface area (Å²) < 4.78 is 29.3. The van der Waals surface area contributed by atoms with Crippen molar-refractivity contribution >= 4 is 27.3 Å². The lowest BCUT2D eigenvalue weighted by Crippen LogP contribution is -2.19. The molecule has 0 aliphatic carbocycles. The zero-order chi connectivity index (χ0) is 17.0. The number of rotatable bonds is 5. The normalized spacial score (nSPS) is 12.0. The SMILES string of the molecule is COc1cc(/C(C)=N/NS(=O)(=O)c2ccc(Cl)cc2)ccc1O. The number of sulfonamides is 1. The van der Waals surface area contributed by atoms with E-state index in [-0.39, 0.29) is 16.4 Å². The van der Waals surface area contributed by atoms with Gasteiger partial charge in [-0.15, -0.1) is 0 Å². The maximum absolute atomic E-state index is 12.1. The number of hydrogen-bond acceptors (Lipinski definition) is 5. The summed E-state index contributed by atoms with van der Waals surface area (Å²) in [5.74, 6) is 0.267. The van der Waals surface area contributed by atoms with Crippen LogP contribution < -0.4 is 9.57 Å². The first-order valence-electron chi connectivity index (χ1n) is 6.52. The number of aromatic hydroxyl groups is 1. The molecule has 6 nitrogen and oxygen atoms in total. The zero-order valence-electron chi connectivity index (χ0n) is 12.4. The standard InChI is InChI=1S/C15H15ClN2O4S/c1-10(11-3-8-14(19)15(9-11)22-2)17-18-23(20,21)13-6-4-12(16)5-7-13/h3-9,18-19H,1-2H3/b17-10+. The molecule has 0 atom stereocenters. The van der Waals surface area contributed by atoms with Gasteiger partial charge >= 0.3 is 0 Å². The highest BCUT2D eigenvalue weighted by atomic mass is 35.5. The lowest BCUT2D eigenvalue weighted by Gasteiger charge is -2.08. The van der Waals surface area contributed by atoms with Crippen LogP contribution in [0.15, 0.2) is 52.5 Å². The third-order valence-corrected chi connectivity index (χ3v) is 4.53. The minimum atomic E-state index is -3.78. The van der Waals surface area contributed by atoms with Crippen LogP contribution >= 0.6 is 11.6 Å². The van der Waals surface area contributed by atoms with Crippen LogP contribution in [-0.4, -0.2) is 26.3 Å². The molecule has 0 amide bonds. The van der Waals surface area contributed by atoms with E-state index in [1.165, 1.54) is 37.4 Å². The Kier molecular flexibility index (Phi) is 5.12. The van der Waals surface area contributed by atoms with Gasteiger partial charge in [-0.25, -0.2) is 0 Å². The summed E-state index contributed by atoms with van der Waals surface area (Å²) in [6, 6.07) is 10.4. The summed E-state index contributed by atoms with van der Waals surface area (Å²) in [6.45, 7) is 1.64. The Balaban J connectivity index is 2.23. The summed E-state index contributed by atoms with van der Waals surface area (Å²) in [5.41, 5.74) is 1.03. The Bertz CT molecular complexity index is 833. The minimum Gasteiger partial charge on any atom is -0.504 e. The van der Waals surface area contributed by atoms with Crippen LogP contribution in [0.1, 0.15) is 12.5 Å². The average molecular weight is 355 g/mol. The van der Waals surface area contributed by atoms with Crippen molar-refractivity contribution in [2.45, 2.75) is 11.8 Å². The van der Waals surface area contributed by atoms with E-state index in [0.29, 0.717) is 16.3 Å². The number of hydrazone groups is 1. The molecule has 0 saturated heterocycles. The lowest BCUT2D eigenvalue weighted by molar-refractivity contribution is 0.373. The molecule has 122 valence electrons. The van der Waals surface area contributed by atoms with Gasteiger partial charge in [0.15, 0.2) is 11.5 Å². The number of phenolic OH excluding ortho intramolecular Hbond substituents is 1. The molecule has 0 aromatic heterocycles. The molecule has 0 aliphatic heterocycles. The molecule has 2 aromatic rings. The third kappa shape index (κ3) is 4.14. The van der Waals surface area contributed by atoms with Gasteiger partial charge < -0.3 is 9.84 Å². The Labute approximate surface area is 139 Å². The van der Waals surface area contributed by atoms with Gasteiger partial charge in [-0.1, -0.05) is 11.6 Å². The highest BCUT2D eigenvalue weighted by Gasteiger charge is 2.13. The van der Waals surface area contributed by atoms with E-state index in [0.717, 1.165) is 0 Å². The Morgan fingerprint density at radius 1 is 1.22 bits per heavy atom. The molecule has 2 N–H and O–H groups in total. The first-order valence-corrected chi connectivity index (χ1v) is 8.38. The summed E-state index contributed by atoms with van der Waals surface area (Å²) in [7, 11) is -2.36. The number of halogens is 1. The molecule has 0 bridgehead atoms. The van der Waals surface area contributed by atoms with Crippen LogP contribution in [0, 0.1) is 0 Å². The highest BCUT2D eigenvalue weighted by Crippen LogP contribution is 2.26. The van der Waals surface area contributed by atoms with E-state index in [4.69, 9.17) is 16.3 Å². The maximum atomic E-state index is 12.1. The second-order valence-electron chi connectivity index (χ2n) is 4.63. The predicted molar refractivity (Wildman–Crippen MR) is 88.6 cm³/mol. The number of hydrogen-bond donors (Lipinski definition) is 2. The molecule has 2 rings (SSSR count). The van der Waals surface area contributed by atoms with Crippen molar-refractivity contribution in [1.82, 2.24) is 4.83 Å². The van der Waals surface area contributed by atoms with Gasteiger partial charge in [0, 0.05) is 10.6 Å². The zero-order valence-corrected chi connectivity index (χ0v) is 14.0. The summed E-state index contributed by atoms with van der Waals surface area (Å²) in [6.07, 6.45) is 0. The fourth-order valence-electron chi connectivity index (χ4n) is 1.76. The smallest absolute Gasteiger partial charge is 0.276 e. The first kappa shape index (κ1) is 17.1. The summed E-state index contributed by atoms with van der Waals surface area (Å²) >= 11 is 5.74. The fourth-order valence-corrected chi connectivity index (χ4v) is 2.75. The van der Waals surface area contributed by atoms with Crippen molar-refractivity contribution in [2.24, 2.45) is 5.10 Å². The van der Waals surface area contributed by atoms with Crippen LogP contribution in [0.2, 0.25) is 5.02 Å². The maximum Gasteiger partial charge on any atom is 0.276 e. The molecule has 0 spiro atoms. The Morgan fingerprint density at radius 2 is 1.87 bits per heavy atom. The van der Waals surface area contributed by atoms with Gasteiger partial charge in [0.2, 0.25) is 0 Å². The number of methoxy groups -OCH3 is 1. The Morgan fingerprint density at radius 3 is 2.48 bits per heavy atom. The van der Waals surface area contributed by atoms with E-state index < -0.39 is 10.0 Å². The second kappa shape index (κ2) is 6.89. The van der Waals surface area contributed by atoms with Crippen LogP contribution in [-0.2, 0) is 10.0 Å². The van der Waals surface area contributed by atoms with Gasteiger partial charge in [-0.3, -0.25) is 0 Å². The summed E-state index contributed by atoms with van der Waals surface area (Å²) in [5, 5.41) is 13.9. The predicted octanol–water partition coefficient (Wildman–Crippen LogP) is 2.76. The van der Waals surface area contributed by atoms with Gasteiger partial charge in [0.05, 0.1) is 17.7 Å². The van der Waals surface area contributed by atoms with Crippen LogP contribution in [0.3, 0.4) is 0 Å². The first-order chi connectivity index (χ1) is 10.8. The molecule has 0 aliphatic rings. The van der Waals surface area contributed by atoms with E-state index in [1.54, 1.807) is 19.1 Å². The monoisotopic (exact) mass is 354 g/mol. The minimum absolute atomic E-state index is 0.00852. The van der Waals surface area contributed by atoms with Crippen molar-refractivity contribution in [3.63, 3.8) is 0 Å². The molecule has 0 radical (unpaired) electrons. The molecule has 0 heterocycles. The van der Waals surface area contributed by atoms with E-state index in [1.807, 2.05) is 0 Å². The van der Waals surface area contributed by atoms with Crippen molar-refractivity contribution in [2.75, 3.05) is 7.11 Å². The largest absolute Gasteiger partial charge is 0.504 e. The quantitative estimate of drug-likeness (QED) is 0.638. The number of ether oxygens (including phenoxy) is 1. The van der Waals surface area contributed by atoms with Gasteiger partial charge in [-0.2, -0.15) is 18.4 Å². The molecule has 23 heavy (non-hydrogen) atoms.